The zero-order valence-electron chi connectivity index (χ0n) is 10.7. The van der Waals surface area contributed by atoms with Crippen molar-refractivity contribution in [3.05, 3.63) is 34.9 Å². The number of amides is 1. The van der Waals surface area contributed by atoms with Crippen LogP contribution < -0.4 is 5.32 Å². The van der Waals surface area contributed by atoms with Gasteiger partial charge in [0.2, 0.25) is 5.91 Å². The van der Waals surface area contributed by atoms with E-state index in [9.17, 15) is 4.79 Å². The first kappa shape index (κ1) is 13.4. The Labute approximate surface area is 113 Å². The second-order valence-electron chi connectivity index (χ2n) is 4.74. The third-order valence-corrected chi connectivity index (χ3v) is 3.64. The van der Waals surface area contributed by atoms with Crippen molar-refractivity contribution in [1.82, 2.24) is 10.2 Å². The molecule has 1 aliphatic heterocycles. The Morgan fingerprint density at radius 2 is 1.94 bits per heavy atom. The normalized spacial score (nSPS) is 16.9. The predicted octanol–water partition coefficient (Wildman–Crippen LogP) is 2.61. The fraction of sp³-hybridized carbons (Fsp3) is 0.500. The van der Waals surface area contributed by atoms with Crippen LogP contribution in [-0.2, 0) is 4.79 Å². The Balaban J connectivity index is 1.82. The van der Waals surface area contributed by atoms with Gasteiger partial charge in [-0.3, -0.25) is 4.79 Å². The van der Waals surface area contributed by atoms with Crippen LogP contribution in [0.1, 0.15) is 31.4 Å². The highest BCUT2D eigenvalue weighted by molar-refractivity contribution is 6.30. The maximum absolute atomic E-state index is 11.9. The molecule has 1 aromatic carbocycles. The van der Waals surface area contributed by atoms with Crippen molar-refractivity contribution >= 4 is 17.5 Å². The van der Waals surface area contributed by atoms with Crippen molar-refractivity contribution in [3.63, 3.8) is 0 Å². The van der Waals surface area contributed by atoms with Crippen molar-refractivity contribution in [2.75, 3.05) is 19.6 Å². The SMILES string of the molecule is C[C@@H](NCC(=O)N1CCCC1)c1ccc(Cl)cc1. The van der Waals surface area contributed by atoms with Crippen LogP contribution in [0.2, 0.25) is 5.02 Å². The van der Waals surface area contributed by atoms with Crippen LogP contribution in [0.25, 0.3) is 0 Å². The zero-order valence-corrected chi connectivity index (χ0v) is 11.4. The summed E-state index contributed by atoms with van der Waals surface area (Å²) >= 11 is 5.85. The van der Waals surface area contributed by atoms with Gasteiger partial charge in [0.05, 0.1) is 6.54 Å². The molecule has 0 radical (unpaired) electrons. The third-order valence-electron chi connectivity index (χ3n) is 3.39. The summed E-state index contributed by atoms with van der Waals surface area (Å²) in [6, 6.07) is 7.88. The Bertz CT molecular complexity index is 399. The number of benzene rings is 1. The predicted molar refractivity (Wildman–Crippen MR) is 73.7 cm³/mol. The first-order chi connectivity index (χ1) is 8.66. The lowest BCUT2D eigenvalue weighted by atomic mass is 10.1. The van der Waals surface area contributed by atoms with Crippen LogP contribution in [-0.4, -0.2) is 30.4 Å². The molecule has 4 heteroatoms. The van der Waals surface area contributed by atoms with Gasteiger partial charge >= 0.3 is 0 Å². The summed E-state index contributed by atoms with van der Waals surface area (Å²) in [6.45, 7) is 4.29. The molecule has 1 amide bonds. The van der Waals surface area contributed by atoms with E-state index >= 15 is 0 Å². The molecule has 2 rings (SSSR count). The molecule has 0 spiro atoms. The summed E-state index contributed by atoms with van der Waals surface area (Å²) in [5.41, 5.74) is 1.15. The van der Waals surface area contributed by atoms with E-state index in [0.29, 0.717) is 6.54 Å². The summed E-state index contributed by atoms with van der Waals surface area (Å²) in [7, 11) is 0. The number of carbonyl (C=O) groups excluding carboxylic acids is 1. The van der Waals surface area contributed by atoms with Gasteiger partial charge in [-0.25, -0.2) is 0 Å². The minimum atomic E-state index is 0.161. The maximum Gasteiger partial charge on any atom is 0.236 e. The van der Waals surface area contributed by atoms with Crippen molar-refractivity contribution in [3.8, 4) is 0 Å². The van der Waals surface area contributed by atoms with Gasteiger partial charge in [0.1, 0.15) is 0 Å². The molecule has 0 aliphatic carbocycles. The smallest absolute Gasteiger partial charge is 0.236 e. The van der Waals surface area contributed by atoms with Crippen LogP contribution in [0, 0.1) is 0 Å². The lowest BCUT2D eigenvalue weighted by Crippen LogP contribution is -2.37. The van der Waals surface area contributed by atoms with Crippen molar-refractivity contribution in [2.24, 2.45) is 0 Å². The molecular formula is C14H19ClN2O. The number of nitrogens with one attached hydrogen (secondary N) is 1. The van der Waals surface area contributed by atoms with Gasteiger partial charge in [-0.2, -0.15) is 0 Å². The van der Waals surface area contributed by atoms with Crippen molar-refractivity contribution in [1.29, 1.82) is 0 Å². The average Bonchev–Trinajstić information content (AvgIpc) is 2.90. The van der Waals surface area contributed by atoms with E-state index < -0.39 is 0 Å². The first-order valence-electron chi connectivity index (χ1n) is 6.43. The van der Waals surface area contributed by atoms with Crippen LogP contribution in [0.4, 0.5) is 0 Å². The van der Waals surface area contributed by atoms with Crippen LogP contribution in [0.5, 0.6) is 0 Å². The quantitative estimate of drug-likeness (QED) is 0.909. The van der Waals surface area contributed by atoms with Crippen molar-refractivity contribution < 1.29 is 4.79 Å². The van der Waals surface area contributed by atoms with E-state index in [1.54, 1.807) is 0 Å². The summed E-state index contributed by atoms with van der Waals surface area (Å²) in [6.07, 6.45) is 2.27. The number of likely N-dealkylation sites (tertiary alicyclic amines) is 1. The van der Waals surface area contributed by atoms with E-state index in [4.69, 9.17) is 11.6 Å². The van der Waals surface area contributed by atoms with Crippen LogP contribution >= 0.6 is 11.6 Å². The number of hydrogen-bond donors (Lipinski definition) is 1. The Kier molecular flexibility index (Phi) is 4.61. The molecule has 3 nitrogen and oxygen atoms in total. The minimum Gasteiger partial charge on any atom is -0.342 e. The number of halogens is 1. The van der Waals surface area contributed by atoms with Gasteiger partial charge < -0.3 is 10.2 Å². The lowest BCUT2D eigenvalue weighted by molar-refractivity contribution is -0.129. The van der Waals surface area contributed by atoms with Gasteiger partial charge in [0, 0.05) is 24.2 Å². The summed E-state index contributed by atoms with van der Waals surface area (Å²) in [4.78, 5) is 13.8. The number of carbonyl (C=O) groups is 1. The van der Waals surface area contributed by atoms with Gasteiger partial charge in [0.25, 0.3) is 0 Å². The fourth-order valence-electron chi connectivity index (χ4n) is 2.19. The molecule has 0 aromatic heterocycles. The van der Waals surface area contributed by atoms with Crippen molar-refractivity contribution in [2.45, 2.75) is 25.8 Å². The molecule has 1 fully saturated rings. The zero-order chi connectivity index (χ0) is 13.0. The lowest BCUT2D eigenvalue weighted by Gasteiger charge is -2.18. The molecule has 1 heterocycles. The standard InChI is InChI=1S/C14H19ClN2O/c1-11(12-4-6-13(15)7-5-12)16-10-14(18)17-8-2-3-9-17/h4-7,11,16H,2-3,8-10H2,1H3/t11-/m1/s1. The highest BCUT2D eigenvalue weighted by atomic mass is 35.5. The largest absolute Gasteiger partial charge is 0.342 e. The van der Waals surface area contributed by atoms with E-state index in [1.165, 1.54) is 0 Å². The topological polar surface area (TPSA) is 32.3 Å². The minimum absolute atomic E-state index is 0.161. The van der Waals surface area contributed by atoms with E-state index in [0.717, 1.165) is 36.5 Å². The number of nitrogens with zero attached hydrogens (tertiary/aromatic N) is 1. The Morgan fingerprint density at radius 3 is 2.56 bits per heavy atom. The summed E-state index contributed by atoms with van der Waals surface area (Å²) < 4.78 is 0. The monoisotopic (exact) mass is 266 g/mol. The van der Waals surface area contributed by atoms with Crippen LogP contribution in [0.3, 0.4) is 0 Å². The van der Waals surface area contributed by atoms with E-state index in [1.807, 2.05) is 29.2 Å². The van der Waals surface area contributed by atoms with Crippen LogP contribution in [0.15, 0.2) is 24.3 Å². The molecular weight excluding hydrogens is 248 g/mol. The average molecular weight is 267 g/mol. The molecule has 1 N–H and O–H groups in total. The third kappa shape index (κ3) is 3.47. The second kappa shape index (κ2) is 6.21. The highest BCUT2D eigenvalue weighted by Gasteiger charge is 2.18. The molecule has 0 bridgehead atoms. The summed E-state index contributed by atoms with van der Waals surface area (Å²) in [5.74, 6) is 0.202. The highest BCUT2D eigenvalue weighted by Crippen LogP contribution is 2.16. The molecule has 1 saturated heterocycles. The molecule has 1 atom stereocenters. The van der Waals surface area contributed by atoms with E-state index in [-0.39, 0.29) is 11.9 Å². The molecule has 1 aromatic rings. The molecule has 1 aliphatic rings. The fourth-order valence-corrected chi connectivity index (χ4v) is 2.31. The molecule has 0 saturated carbocycles. The maximum atomic E-state index is 11.9. The molecule has 18 heavy (non-hydrogen) atoms. The Hall–Kier alpha value is -1.06. The Morgan fingerprint density at radius 1 is 1.33 bits per heavy atom. The second-order valence-corrected chi connectivity index (χ2v) is 5.18. The first-order valence-corrected chi connectivity index (χ1v) is 6.81. The number of rotatable bonds is 4. The molecule has 0 unspecified atom stereocenters. The summed E-state index contributed by atoms with van der Waals surface area (Å²) in [5, 5.41) is 4.00. The van der Waals surface area contributed by atoms with E-state index in [2.05, 4.69) is 12.2 Å². The van der Waals surface area contributed by atoms with Gasteiger partial charge in [-0.15, -0.1) is 0 Å². The van der Waals surface area contributed by atoms with Gasteiger partial charge in [0.15, 0.2) is 0 Å². The number of hydrogen-bond acceptors (Lipinski definition) is 2. The van der Waals surface area contributed by atoms with Gasteiger partial charge in [-0.1, -0.05) is 23.7 Å². The molecule has 98 valence electrons. The van der Waals surface area contributed by atoms with Gasteiger partial charge in [-0.05, 0) is 37.5 Å².